The highest BCUT2D eigenvalue weighted by molar-refractivity contribution is 6.32. The number of nitrogens with one attached hydrogen (secondary N) is 1. The summed E-state index contributed by atoms with van der Waals surface area (Å²) in [6, 6.07) is 3.53. The van der Waals surface area contributed by atoms with Crippen molar-refractivity contribution in [3.63, 3.8) is 0 Å². The van der Waals surface area contributed by atoms with Gasteiger partial charge in [0.2, 0.25) is 0 Å². The molecule has 23 heavy (non-hydrogen) atoms. The van der Waals surface area contributed by atoms with Gasteiger partial charge in [-0.15, -0.1) is 0 Å². The van der Waals surface area contributed by atoms with E-state index in [0.29, 0.717) is 29.6 Å². The van der Waals surface area contributed by atoms with Crippen LogP contribution < -0.4 is 14.8 Å². The number of ether oxygens (including phenoxy) is 2. The summed E-state index contributed by atoms with van der Waals surface area (Å²) in [6.07, 6.45) is 0. The van der Waals surface area contributed by atoms with E-state index in [2.05, 4.69) is 10.4 Å². The molecule has 7 heteroatoms. The molecular formula is C16H22ClN3O3. The molecule has 1 aromatic carbocycles. The van der Waals surface area contributed by atoms with Gasteiger partial charge in [0.15, 0.2) is 0 Å². The van der Waals surface area contributed by atoms with Crippen LogP contribution in [0.1, 0.15) is 17.0 Å². The van der Waals surface area contributed by atoms with Crippen molar-refractivity contribution in [1.82, 2.24) is 9.78 Å². The van der Waals surface area contributed by atoms with Crippen molar-refractivity contribution >= 4 is 17.3 Å². The second kappa shape index (κ2) is 7.57. The summed E-state index contributed by atoms with van der Waals surface area (Å²) in [5.74, 6) is 1.22. The van der Waals surface area contributed by atoms with Gasteiger partial charge in [-0.1, -0.05) is 11.6 Å². The summed E-state index contributed by atoms with van der Waals surface area (Å²) in [5.41, 5.74) is 3.84. The molecule has 2 aromatic rings. The van der Waals surface area contributed by atoms with Gasteiger partial charge in [-0.2, -0.15) is 5.10 Å². The minimum Gasteiger partial charge on any atom is -0.495 e. The van der Waals surface area contributed by atoms with E-state index in [-0.39, 0.29) is 6.61 Å². The number of aryl methyl sites for hydroxylation is 1. The monoisotopic (exact) mass is 339 g/mol. The van der Waals surface area contributed by atoms with Crippen LogP contribution in [-0.4, -0.2) is 35.7 Å². The predicted octanol–water partition coefficient (Wildman–Crippen LogP) is 2.77. The minimum absolute atomic E-state index is 0.0662. The topological polar surface area (TPSA) is 68.5 Å². The Morgan fingerprint density at radius 1 is 1.22 bits per heavy atom. The highest BCUT2D eigenvalue weighted by atomic mass is 35.5. The molecule has 0 aliphatic rings. The van der Waals surface area contributed by atoms with E-state index in [9.17, 15) is 0 Å². The Morgan fingerprint density at radius 2 is 1.91 bits per heavy atom. The number of methoxy groups -OCH3 is 2. The number of hydrogen-bond donors (Lipinski definition) is 2. The number of aromatic nitrogens is 2. The number of aliphatic hydroxyl groups is 1. The zero-order valence-electron chi connectivity index (χ0n) is 13.8. The first-order valence-electron chi connectivity index (χ1n) is 7.31. The summed E-state index contributed by atoms with van der Waals surface area (Å²) in [6.45, 7) is 5.09. The molecule has 0 unspecified atom stereocenters. The second-order valence-electron chi connectivity index (χ2n) is 5.14. The Balaban J connectivity index is 2.23. The van der Waals surface area contributed by atoms with Gasteiger partial charge >= 0.3 is 0 Å². The van der Waals surface area contributed by atoms with Gasteiger partial charge in [-0.05, 0) is 19.9 Å². The van der Waals surface area contributed by atoms with Crippen molar-refractivity contribution in [2.24, 2.45) is 0 Å². The summed E-state index contributed by atoms with van der Waals surface area (Å²) < 4.78 is 12.4. The SMILES string of the molecule is COc1cc(OC)c(NCc2c(C)nn(CCO)c2C)cc1Cl. The van der Waals surface area contributed by atoms with Crippen LogP contribution in [0, 0.1) is 13.8 Å². The van der Waals surface area contributed by atoms with Gasteiger partial charge in [-0.3, -0.25) is 4.68 Å². The van der Waals surface area contributed by atoms with E-state index in [4.69, 9.17) is 26.2 Å². The van der Waals surface area contributed by atoms with Crippen LogP contribution in [0.3, 0.4) is 0 Å². The van der Waals surface area contributed by atoms with Crippen molar-refractivity contribution in [2.75, 3.05) is 26.1 Å². The van der Waals surface area contributed by atoms with E-state index in [0.717, 1.165) is 22.6 Å². The Labute approximate surface area is 141 Å². The number of aliphatic hydroxyl groups excluding tert-OH is 1. The Morgan fingerprint density at radius 3 is 2.52 bits per heavy atom. The average Bonchev–Trinajstić information content (AvgIpc) is 2.80. The minimum atomic E-state index is 0.0662. The van der Waals surface area contributed by atoms with Gasteiger partial charge < -0.3 is 19.9 Å². The van der Waals surface area contributed by atoms with Crippen molar-refractivity contribution in [3.05, 3.63) is 34.1 Å². The van der Waals surface area contributed by atoms with Crippen LogP contribution in [-0.2, 0) is 13.1 Å². The highest BCUT2D eigenvalue weighted by Crippen LogP contribution is 2.36. The molecule has 126 valence electrons. The number of halogens is 1. The van der Waals surface area contributed by atoms with E-state index < -0.39 is 0 Å². The van der Waals surface area contributed by atoms with Crippen molar-refractivity contribution in [3.8, 4) is 11.5 Å². The van der Waals surface area contributed by atoms with E-state index in [1.807, 2.05) is 18.5 Å². The first-order valence-corrected chi connectivity index (χ1v) is 7.68. The fourth-order valence-electron chi connectivity index (χ4n) is 2.48. The first-order chi connectivity index (χ1) is 11.0. The summed E-state index contributed by atoms with van der Waals surface area (Å²) in [5, 5.41) is 17.4. The third kappa shape index (κ3) is 3.71. The molecule has 1 aromatic heterocycles. The molecule has 0 aliphatic heterocycles. The third-order valence-corrected chi connectivity index (χ3v) is 4.07. The lowest BCUT2D eigenvalue weighted by molar-refractivity contribution is 0.268. The molecule has 0 saturated heterocycles. The zero-order chi connectivity index (χ0) is 17.0. The van der Waals surface area contributed by atoms with Crippen LogP contribution in [0.2, 0.25) is 5.02 Å². The first kappa shape index (κ1) is 17.4. The van der Waals surface area contributed by atoms with E-state index in [1.54, 1.807) is 26.4 Å². The van der Waals surface area contributed by atoms with Gasteiger partial charge in [0.05, 0.1) is 43.8 Å². The average molecular weight is 340 g/mol. The predicted molar refractivity (Wildman–Crippen MR) is 90.7 cm³/mol. The quantitative estimate of drug-likeness (QED) is 0.811. The summed E-state index contributed by atoms with van der Waals surface area (Å²) in [7, 11) is 3.17. The zero-order valence-corrected chi connectivity index (χ0v) is 14.6. The highest BCUT2D eigenvalue weighted by Gasteiger charge is 2.14. The third-order valence-electron chi connectivity index (χ3n) is 3.77. The molecular weight excluding hydrogens is 318 g/mol. The van der Waals surface area contributed by atoms with Gasteiger partial charge in [0, 0.05) is 23.9 Å². The van der Waals surface area contributed by atoms with Crippen molar-refractivity contribution < 1.29 is 14.6 Å². The molecule has 2 rings (SSSR count). The molecule has 0 aliphatic carbocycles. The van der Waals surface area contributed by atoms with E-state index in [1.165, 1.54) is 0 Å². The summed E-state index contributed by atoms with van der Waals surface area (Å²) in [4.78, 5) is 0. The standard InChI is InChI=1S/C16H22ClN3O3/c1-10-12(11(2)20(19-10)5-6-21)9-18-14-7-13(17)15(22-3)8-16(14)23-4/h7-8,18,21H,5-6,9H2,1-4H3. The van der Waals surface area contributed by atoms with Crippen LogP contribution in [0.15, 0.2) is 12.1 Å². The Kier molecular flexibility index (Phi) is 5.74. The lowest BCUT2D eigenvalue weighted by Crippen LogP contribution is -2.07. The van der Waals surface area contributed by atoms with Crippen LogP contribution in [0.25, 0.3) is 0 Å². The van der Waals surface area contributed by atoms with Gasteiger partial charge in [-0.25, -0.2) is 0 Å². The number of nitrogens with zero attached hydrogens (tertiary/aromatic N) is 2. The fourth-order valence-corrected chi connectivity index (χ4v) is 2.72. The molecule has 0 bridgehead atoms. The molecule has 0 spiro atoms. The van der Waals surface area contributed by atoms with Crippen LogP contribution >= 0.6 is 11.6 Å². The lowest BCUT2D eigenvalue weighted by atomic mass is 10.2. The van der Waals surface area contributed by atoms with Crippen molar-refractivity contribution in [1.29, 1.82) is 0 Å². The molecule has 0 fully saturated rings. The van der Waals surface area contributed by atoms with Crippen LogP contribution in [0.4, 0.5) is 5.69 Å². The molecule has 0 saturated carbocycles. The molecule has 0 atom stereocenters. The number of hydrogen-bond acceptors (Lipinski definition) is 5. The summed E-state index contributed by atoms with van der Waals surface area (Å²) >= 11 is 6.18. The molecule has 0 amide bonds. The molecule has 2 N–H and O–H groups in total. The van der Waals surface area contributed by atoms with Crippen LogP contribution in [0.5, 0.6) is 11.5 Å². The molecule has 1 heterocycles. The molecule has 6 nitrogen and oxygen atoms in total. The number of benzene rings is 1. The molecule has 0 radical (unpaired) electrons. The maximum absolute atomic E-state index is 9.08. The maximum Gasteiger partial charge on any atom is 0.145 e. The smallest absolute Gasteiger partial charge is 0.145 e. The normalized spacial score (nSPS) is 10.7. The maximum atomic E-state index is 9.08. The van der Waals surface area contributed by atoms with Crippen molar-refractivity contribution in [2.45, 2.75) is 26.9 Å². The van der Waals surface area contributed by atoms with Gasteiger partial charge in [0.1, 0.15) is 11.5 Å². The Hall–Kier alpha value is -1.92. The number of rotatable bonds is 7. The van der Waals surface area contributed by atoms with Gasteiger partial charge in [0.25, 0.3) is 0 Å². The second-order valence-corrected chi connectivity index (χ2v) is 5.54. The number of anilines is 1. The largest absolute Gasteiger partial charge is 0.495 e. The van der Waals surface area contributed by atoms with E-state index >= 15 is 0 Å². The lowest BCUT2D eigenvalue weighted by Gasteiger charge is -2.14. The fraction of sp³-hybridized carbons (Fsp3) is 0.438. The Bertz CT molecular complexity index is 686.